The number of likely N-dealkylation sites (tertiary alicyclic amines) is 1. The molecule has 0 unspecified atom stereocenters. The number of hydrogen-bond donors (Lipinski definition) is 2. The molecule has 1 aromatic rings. The molecule has 1 aliphatic rings. The quantitative estimate of drug-likeness (QED) is 0.772. The maximum atomic E-state index is 12.1. The number of piperidine rings is 1. The minimum absolute atomic E-state index is 0.0168. The first kappa shape index (κ1) is 18.7. The molecule has 0 spiro atoms. The average Bonchev–Trinajstić information content (AvgIpc) is 2.62. The number of rotatable bonds is 6. The fraction of sp³-hybridized carbons (Fsp3) is 0.421. The van der Waals surface area contributed by atoms with Crippen molar-refractivity contribution in [2.75, 3.05) is 25.0 Å². The van der Waals surface area contributed by atoms with Gasteiger partial charge in [0.1, 0.15) is 0 Å². The summed E-state index contributed by atoms with van der Waals surface area (Å²) in [5, 5.41) is 5.64. The minimum atomic E-state index is -0.263. The molecule has 1 heterocycles. The molecule has 1 fully saturated rings. The maximum Gasteiger partial charge on any atom is 0.247 e. The first-order chi connectivity index (χ1) is 12.0. The molecule has 0 aromatic heterocycles. The monoisotopic (exact) mass is 343 g/mol. The van der Waals surface area contributed by atoms with Crippen LogP contribution in [0.2, 0.25) is 0 Å². The van der Waals surface area contributed by atoms with Crippen LogP contribution in [0.1, 0.15) is 25.3 Å². The zero-order valence-corrected chi connectivity index (χ0v) is 14.6. The number of nitrogens with zero attached hydrogens (tertiary/aromatic N) is 1. The van der Waals surface area contributed by atoms with Gasteiger partial charge in [-0.2, -0.15) is 0 Å². The van der Waals surface area contributed by atoms with Gasteiger partial charge in [-0.15, -0.1) is 0 Å². The second-order valence-corrected chi connectivity index (χ2v) is 6.32. The van der Waals surface area contributed by atoms with Crippen LogP contribution in [0.4, 0.5) is 5.69 Å². The number of carbonyl (C=O) groups excluding carboxylic acids is 3. The normalized spacial score (nSPS) is 14.7. The standard InChI is InChI=1S/C19H25N3O3/c1-3-18(24)21-17-6-4-15(5-7-17)12-19(25)20-13-16-8-10-22(11-9-16)14(2)23/h3-7,16H,1,8-13H2,2H3,(H,20,25)(H,21,24). The molecule has 6 heteroatoms. The Morgan fingerprint density at radius 1 is 1.20 bits per heavy atom. The second kappa shape index (κ2) is 9.01. The van der Waals surface area contributed by atoms with Gasteiger partial charge in [-0.05, 0) is 42.5 Å². The third-order valence-electron chi connectivity index (χ3n) is 4.42. The predicted molar refractivity (Wildman–Crippen MR) is 97.0 cm³/mol. The lowest BCUT2D eigenvalue weighted by molar-refractivity contribution is -0.130. The zero-order chi connectivity index (χ0) is 18.2. The van der Waals surface area contributed by atoms with Crippen molar-refractivity contribution in [2.24, 2.45) is 5.92 Å². The molecular weight excluding hydrogens is 318 g/mol. The highest BCUT2D eigenvalue weighted by Gasteiger charge is 2.20. The van der Waals surface area contributed by atoms with Crippen LogP contribution in [0.25, 0.3) is 0 Å². The van der Waals surface area contributed by atoms with Crippen LogP contribution in [-0.2, 0) is 20.8 Å². The van der Waals surface area contributed by atoms with Gasteiger partial charge in [-0.1, -0.05) is 18.7 Å². The maximum absolute atomic E-state index is 12.1. The summed E-state index contributed by atoms with van der Waals surface area (Å²) in [4.78, 5) is 36.5. The van der Waals surface area contributed by atoms with Crippen LogP contribution in [0.3, 0.4) is 0 Å². The van der Waals surface area contributed by atoms with Crippen molar-refractivity contribution in [1.82, 2.24) is 10.2 Å². The molecule has 2 rings (SSSR count). The molecule has 134 valence electrons. The molecule has 1 aliphatic heterocycles. The molecule has 0 radical (unpaired) electrons. The van der Waals surface area contributed by atoms with Gasteiger partial charge >= 0.3 is 0 Å². The minimum Gasteiger partial charge on any atom is -0.356 e. The van der Waals surface area contributed by atoms with E-state index in [1.54, 1.807) is 19.1 Å². The summed E-state index contributed by atoms with van der Waals surface area (Å²) in [6.07, 6.45) is 3.37. The van der Waals surface area contributed by atoms with E-state index in [9.17, 15) is 14.4 Å². The van der Waals surface area contributed by atoms with E-state index in [0.717, 1.165) is 31.5 Å². The van der Waals surface area contributed by atoms with Crippen LogP contribution < -0.4 is 10.6 Å². The van der Waals surface area contributed by atoms with E-state index in [0.29, 0.717) is 24.6 Å². The summed E-state index contributed by atoms with van der Waals surface area (Å²) >= 11 is 0. The first-order valence-electron chi connectivity index (χ1n) is 8.52. The number of carbonyl (C=O) groups is 3. The third-order valence-corrected chi connectivity index (χ3v) is 4.42. The summed E-state index contributed by atoms with van der Waals surface area (Å²) in [5.41, 5.74) is 1.56. The van der Waals surface area contributed by atoms with E-state index in [-0.39, 0.29) is 17.7 Å². The van der Waals surface area contributed by atoms with E-state index in [2.05, 4.69) is 17.2 Å². The Labute approximate surface area is 148 Å². The van der Waals surface area contributed by atoms with Crippen molar-refractivity contribution < 1.29 is 14.4 Å². The van der Waals surface area contributed by atoms with Gasteiger partial charge in [0.05, 0.1) is 6.42 Å². The first-order valence-corrected chi connectivity index (χ1v) is 8.52. The zero-order valence-electron chi connectivity index (χ0n) is 14.6. The summed E-state index contributed by atoms with van der Waals surface area (Å²) in [6, 6.07) is 7.18. The Morgan fingerprint density at radius 3 is 2.40 bits per heavy atom. The molecule has 0 saturated carbocycles. The fourth-order valence-electron chi connectivity index (χ4n) is 2.86. The molecule has 2 N–H and O–H groups in total. The Kier molecular flexibility index (Phi) is 6.74. The van der Waals surface area contributed by atoms with Gasteiger partial charge < -0.3 is 15.5 Å². The van der Waals surface area contributed by atoms with Crippen molar-refractivity contribution in [3.63, 3.8) is 0 Å². The molecule has 6 nitrogen and oxygen atoms in total. The van der Waals surface area contributed by atoms with E-state index < -0.39 is 0 Å². The topological polar surface area (TPSA) is 78.5 Å². The van der Waals surface area contributed by atoms with E-state index in [1.807, 2.05) is 17.0 Å². The average molecular weight is 343 g/mol. The highest BCUT2D eigenvalue weighted by Crippen LogP contribution is 2.16. The van der Waals surface area contributed by atoms with Gasteiger partial charge in [0.2, 0.25) is 17.7 Å². The van der Waals surface area contributed by atoms with Crippen molar-refractivity contribution in [2.45, 2.75) is 26.2 Å². The predicted octanol–water partition coefficient (Wildman–Crippen LogP) is 1.73. The molecule has 3 amide bonds. The lowest BCUT2D eigenvalue weighted by atomic mass is 9.96. The molecule has 0 bridgehead atoms. The fourth-order valence-corrected chi connectivity index (χ4v) is 2.86. The van der Waals surface area contributed by atoms with Gasteiger partial charge in [-0.25, -0.2) is 0 Å². The molecule has 1 saturated heterocycles. The SMILES string of the molecule is C=CC(=O)Nc1ccc(CC(=O)NCC2CCN(C(C)=O)CC2)cc1. The summed E-state index contributed by atoms with van der Waals surface area (Å²) in [6.45, 7) is 7.19. The molecule has 0 atom stereocenters. The Bertz CT molecular complexity index is 632. The molecule has 1 aromatic carbocycles. The largest absolute Gasteiger partial charge is 0.356 e. The van der Waals surface area contributed by atoms with Crippen LogP contribution in [0.15, 0.2) is 36.9 Å². The summed E-state index contributed by atoms with van der Waals surface area (Å²) in [5.74, 6) is 0.268. The smallest absolute Gasteiger partial charge is 0.247 e. The van der Waals surface area contributed by atoms with Gasteiger partial charge in [0.25, 0.3) is 0 Å². The van der Waals surface area contributed by atoms with Crippen LogP contribution in [0, 0.1) is 5.92 Å². The molecule has 0 aliphatic carbocycles. The molecular formula is C19H25N3O3. The number of benzene rings is 1. The highest BCUT2D eigenvalue weighted by atomic mass is 16.2. The number of hydrogen-bond acceptors (Lipinski definition) is 3. The van der Waals surface area contributed by atoms with E-state index in [1.165, 1.54) is 6.08 Å². The molecule has 25 heavy (non-hydrogen) atoms. The third kappa shape index (κ3) is 6.06. The Morgan fingerprint density at radius 2 is 1.84 bits per heavy atom. The van der Waals surface area contributed by atoms with Crippen LogP contribution in [-0.4, -0.2) is 42.3 Å². The highest BCUT2D eigenvalue weighted by molar-refractivity contribution is 5.98. The summed E-state index contributed by atoms with van der Waals surface area (Å²) < 4.78 is 0. The second-order valence-electron chi connectivity index (χ2n) is 6.32. The number of amides is 3. The number of nitrogens with one attached hydrogen (secondary N) is 2. The van der Waals surface area contributed by atoms with Gasteiger partial charge in [0.15, 0.2) is 0 Å². The van der Waals surface area contributed by atoms with Crippen molar-refractivity contribution in [3.8, 4) is 0 Å². The van der Waals surface area contributed by atoms with Gasteiger partial charge in [0, 0.05) is 32.2 Å². The van der Waals surface area contributed by atoms with Crippen LogP contribution >= 0.6 is 0 Å². The Balaban J connectivity index is 1.72. The van der Waals surface area contributed by atoms with E-state index >= 15 is 0 Å². The van der Waals surface area contributed by atoms with Crippen molar-refractivity contribution >= 4 is 23.4 Å². The lowest BCUT2D eigenvalue weighted by Gasteiger charge is -2.31. The summed E-state index contributed by atoms with van der Waals surface area (Å²) in [7, 11) is 0. The van der Waals surface area contributed by atoms with Crippen LogP contribution in [0.5, 0.6) is 0 Å². The Hall–Kier alpha value is -2.63. The van der Waals surface area contributed by atoms with Crippen molar-refractivity contribution in [3.05, 3.63) is 42.5 Å². The van der Waals surface area contributed by atoms with E-state index in [4.69, 9.17) is 0 Å². The lowest BCUT2D eigenvalue weighted by Crippen LogP contribution is -2.40. The number of anilines is 1. The van der Waals surface area contributed by atoms with Gasteiger partial charge in [-0.3, -0.25) is 14.4 Å². The van der Waals surface area contributed by atoms with Crippen molar-refractivity contribution in [1.29, 1.82) is 0 Å².